The van der Waals surface area contributed by atoms with Gasteiger partial charge >= 0.3 is 0 Å². The Balaban J connectivity index is 1.58. The van der Waals surface area contributed by atoms with Crippen molar-refractivity contribution in [2.75, 3.05) is 13.2 Å². The maximum Gasteiger partial charge on any atom is 0.251 e. The lowest BCUT2D eigenvalue weighted by Crippen LogP contribution is -2.38. The maximum atomic E-state index is 13.5. The van der Waals surface area contributed by atoms with Gasteiger partial charge in [-0.2, -0.15) is 0 Å². The van der Waals surface area contributed by atoms with Crippen molar-refractivity contribution in [3.63, 3.8) is 0 Å². The molecule has 0 unspecified atom stereocenters. The zero-order chi connectivity index (χ0) is 21.3. The number of halogens is 2. The minimum atomic E-state index is -2.58. The number of hydrogen-bond donors (Lipinski definition) is 1. The highest BCUT2D eigenvalue weighted by atomic mass is 19.3. The van der Waals surface area contributed by atoms with Crippen molar-refractivity contribution >= 4 is 17.8 Å². The smallest absolute Gasteiger partial charge is 0.251 e. The van der Waals surface area contributed by atoms with Gasteiger partial charge in [-0.15, -0.1) is 0 Å². The Morgan fingerprint density at radius 3 is 2.63 bits per heavy atom. The Kier molecular flexibility index (Phi) is 5.86. The number of pyridine rings is 1. The Morgan fingerprint density at radius 1 is 1.27 bits per heavy atom. The molecule has 1 saturated heterocycles. The van der Waals surface area contributed by atoms with Gasteiger partial charge < -0.3 is 14.5 Å². The summed E-state index contributed by atoms with van der Waals surface area (Å²) in [5, 5.41) is 3.04. The monoisotopic (exact) mass is 419 g/mol. The lowest BCUT2D eigenvalue weighted by Gasteiger charge is -2.28. The third-order valence-electron chi connectivity index (χ3n) is 6.28. The highest BCUT2D eigenvalue weighted by Gasteiger charge is 2.35. The van der Waals surface area contributed by atoms with E-state index in [2.05, 4.69) is 10.3 Å². The van der Waals surface area contributed by atoms with Crippen LogP contribution in [0, 0.1) is 12.8 Å². The molecular formula is C22H27F2N3O3. The standard InChI is InChI=1S/C22H27F2N3O3/c1-14-10-16(21(29)25-17-4-8-30-9-5-17)12-20-26-18(13-28)19(27(14)20)11-15-2-6-22(23,24)7-3-15/h10,12-13,15,17H,2-9,11H2,1H3,(H,25,29). The van der Waals surface area contributed by atoms with E-state index < -0.39 is 5.92 Å². The molecule has 8 heteroatoms. The van der Waals surface area contributed by atoms with E-state index in [4.69, 9.17) is 4.74 Å². The average Bonchev–Trinajstić information content (AvgIpc) is 3.08. The highest BCUT2D eigenvalue weighted by molar-refractivity contribution is 5.95. The first kappa shape index (κ1) is 20.9. The second-order valence-corrected chi connectivity index (χ2v) is 8.50. The van der Waals surface area contributed by atoms with Crippen LogP contribution in [0.4, 0.5) is 8.78 Å². The molecular weight excluding hydrogens is 392 g/mol. The quantitative estimate of drug-likeness (QED) is 0.750. The summed E-state index contributed by atoms with van der Waals surface area (Å²) in [6.07, 6.45) is 3.46. The maximum absolute atomic E-state index is 13.5. The number of fused-ring (bicyclic) bond motifs is 1. The van der Waals surface area contributed by atoms with Gasteiger partial charge in [-0.05, 0) is 57.1 Å². The number of carbonyl (C=O) groups is 2. The van der Waals surface area contributed by atoms with E-state index in [1.807, 2.05) is 11.3 Å². The van der Waals surface area contributed by atoms with E-state index in [1.165, 1.54) is 0 Å². The lowest BCUT2D eigenvalue weighted by molar-refractivity contribution is -0.0457. The van der Waals surface area contributed by atoms with E-state index in [9.17, 15) is 18.4 Å². The fraction of sp³-hybridized carbons (Fsp3) is 0.591. The average molecular weight is 419 g/mol. The lowest BCUT2D eigenvalue weighted by atomic mass is 9.84. The Bertz CT molecular complexity index is 941. The molecule has 0 aromatic carbocycles. The van der Waals surface area contributed by atoms with Gasteiger partial charge in [0.2, 0.25) is 5.92 Å². The fourth-order valence-corrected chi connectivity index (χ4v) is 4.56. The van der Waals surface area contributed by atoms with Crippen molar-refractivity contribution in [3.05, 3.63) is 34.8 Å². The third kappa shape index (κ3) is 4.38. The summed E-state index contributed by atoms with van der Waals surface area (Å²) < 4.78 is 34.2. The van der Waals surface area contributed by atoms with Crippen molar-refractivity contribution in [3.8, 4) is 0 Å². The van der Waals surface area contributed by atoms with Crippen LogP contribution in [0.3, 0.4) is 0 Å². The summed E-state index contributed by atoms with van der Waals surface area (Å²) in [6, 6.07) is 3.57. The molecule has 1 aliphatic heterocycles. The first-order chi connectivity index (χ1) is 14.4. The van der Waals surface area contributed by atoms with Crippen molar-refractivity contribution < 1.29 is 23.1 Å². The molecule has 1 N–H and O–H groups in total. The van der Waals surface area contributed by atoms with Gasteiger partial charge in [0.05, 0.1) is 5.69 Å². The van der Waals surface area contributed by atoms with Crippen LogP contribution in [0.15, 0.2) is 12.1 Å². The first-order valence-corrected chi connectivity index (χ1v) is 10.6. The van der Waals surface area contributed by atoms with Crippen LogP contribution in [0.25, 0.3) is 5.65 Å². The number of carbonyl (C=O) groups excluding carboxylic acids is 2. The minimum absolute atomic E-state index is 0.0908. The number of alkyl halides is 2. The number of hydrogen-bond acceptors (Lipinski definition) is 4. The Hall–Kier alpha value is -2.35. The van der Waals surface area contributed by atoms with Crippen LogP contribution in [0.1, 0.15) is 70.8 Å². The van der Waals surface area contributed by atoms with Crippen LogP contribution >= 0.6 is 0 Å². The molecule has 30 heavy (non-hydrogen) atoms. The van der Waals surface area contributed by atoms with E-state index >= 15 is 0 Å². The van der Waals surface area contributed by atoms with Crippen molar-refractivity contribution in [1.29, 1.82) is 0 Å². The number of amides is 1. The highest BCUT2D eigenvalue weighted by Crippen LogP contribution is 2.37. The number of aryl methyl sites for hydroxylation is 1. The summed E-state index contributed by atoms with van der Waals surface area (Å²) in [5.41, 5.74) is 2.88. The summed E-state index contributed by atoms with van der Waals surface area (Å²) in [5.74, 6) is -2.65. The normalized spacial score (nSPS) is 20.4. The Labute approximate surface area is 174 Å². The van der Waals surface area contributed by atoms with Crippen LogP contribution in [0.2, 0.25) is 0 Å². The summed E-state index contributed by atoms with van der Waals surface area (Å²) in [7, 11) is 0. The zero-order valence-electron chi connectivity index (χ0n) is 17.1. The summed E-state index contributed by atoms with van der Waals surface area (Å²) in [4.78, 5) is 28.8. The fourth-order valence-electron chi connectivity index (χ4n) is 4.56. The van der Waals surface area contributed by atoms with E-state index in [-0.39, 0.29) is 30.7 Å². The number of nitrogens with one attached hydrogen (secondary N) is 1. The molecule has 1 saturated carbocycles. The number of ether oxygens (including phenoxy) is 1. The van der Waals surface area contributed by atoms with E-state index in [0.717, 1.165) is 24.2 Å². The van der Waals surface area contributed by atoms with Crippen LogP contribution in [-0.4, -0.2) is 46.8 Å². The summed E-state index contributed by atoms with van der Waals surface area (Å²) in [6.45, 7) is 3.15. The number of aromatic nitrogens is 2. The zero-order valence-corrected chi connectivity index (χ0v) is 17.1. The van der Waals surface area contributed by atoms with Crippen molar-refractivity contribution in [2.24, 2.45) is 5.92 Å². The largest absolute Gasteiger partial charge is 0.381 e. The topological polar surface area (TPSA) is 72.7 Å². The SMILES string of the molecule is Cc1cc(C(=O)NC2CCOCC2)cc2nc(C=O)c(CC3CCC(F)(F)CC3)n12. The van der Waals surface area contributed by atoms with Gasteiger partial charge in [0.25, 0.3) is 5.91 Å². The molecule has 2 aromatic heterocycles. The molecule has 1 aliphatic carbocycles. The number of rotatable bonds is 5. The molecule has 4 rings (SSSR count). The molecule has 3 heterocycles. The summed E-state index contributed by atoms with van der Waals surface area (Å²) >= 11 is 0. The van der Waals surface area contributed by atoms with Crippen molar-refractivity contribution in [1.82, 2.24) is 14.7 Å². The van der Waals surface area contributed by atoms with Gasteiger partial charge in [-0.25, -0.2) is 13.8 Å². The molecule has 6 nitrogen and oxygen atoms in total. The molecule has 2 fully saturated rings. The van der Waals surface area contributed by atoms with E-state index in [1.54, 1.807) is 12.1 Å². The predicted molar refractivity (Wildman–Crippen MR) is 107 cm³/mol. The van der Waals surface area contributed by atoms with Gasteiger partial charge in [-0.1, -0.05) is 0 Å². The van der Waals surface area contributed by atoms with Gasteiger partial charge in [0, 0.05) is 43.4 Å². The Morgan fingerprint density at radius 2 is 1.97 bits per heavy atom. The molecule has 1 amide bonds. The van der Waals surface area contributed by atoms with Crippen LogP contribution in [0.5, 0.6) is 0 Å². The van der Waals surface area contributed by atoms with Gasteiger partial charge in [0.15, 0.2) is 6.29 Å². The molecule has 2 aliphatic rings. The second-order valence-electron chi connectivity index (χ2n) is 8.50. The molecule has 0 spiro atoms. The van der Waals surface area contributed by atoms with E-state index in [0.29, 0.717) is 55.7 Å². The molecule has 2 aromatic rings. The van der Waals surface area contributed by atoms with Gasteiger partial charge in [0.1, 0.15) is 11.3 Å². The molecule has 0 bridgehead atoms. The minimum Gasteiger partial charge on any atom is -0.381 e. The number of aldehydes is 1. The number of nitrogens with zero attached hydrogens (tertiary/aromatic N) is 2. The third-order valence-corrected chi connectivity index (χ3v) is 6.28. The predicted octanol–water partition coefficient (Wildman–Crippen LogP) is 3.73. The second kappa shape index (κ2) is 8.41. The molecule has 162 valence electrons. The van der Waals surface area contributed by atoms with Crippen LogP contribution < -0.4 is 5.32 Å². The van der Waals surface area contributed by atoms with Crippen LogP contribution in [-0.2, 0) is 11.2 Å². The van der Waals surface area contributed by atoms with Crippen molar-refractivity contribution in [2.45, 2.75) is 63.8 Å². The first-order valence-electron chi connectivity index (χ1n) is 10.6. The van der Waals surface area contributed by atoms with Gasteiger partial charge in [-0.3, -0.25) is 9.59 Å². The number of imidazole rings is 1. The molecule has 0 atom stereocenters. The molecule has 0 radical (unpaired) electrons.